The maximum Gasteiger partial charge on any atom is 0.230 e. The van der Waals surface area contributed by atoms with E-state index in [9.17, 15) is 4.79 Å². The Balaban J connectivity index is 1.61. The lowest BCUT2D eigenvalue weighted by Crippen LogP contribution is -2.18. The lowest BCUT2D eigenvalue weighted by atomic mass is 10.1. The van der Waals surface area contributed by atoms with E-state index in [1.165, 1.54) is 12.8 Å². The topological polar surface area (TPSA) is 54.5 Å². The third-order valence-electron chi connectivity index (χ3n) is 4.03. The van der Waals surface area contributed by atoms with E-state index in [1.807, 2.05) is 42.6 Å². The van der Waals surface area contributed by atoms with Gasteiger partial charge in [0.05, 0.1) is 25.4 Å². The SMILES string of the molecule is COc1ccccc1CC(=O)Nc1ccc(N2CCCC2)cn1. The number of benzene rings is 1. The number of carbonyl (C=O) groups is 1. The fourth-order valence-electron chi connectivity index (χ4n) is 2.83. The molecule has 1 fully saturated rings. The standard InChI is InChI=1S/C18H21N3O2/c1-23-16-7-3-2-6-14(16)12-18(22)20-17-9-8-15(13-19-17)21-10-4-5-11-21/h2-3,6-9,13H,4-5,10-12H2,1H3,(H,19,20,22). The van der Waals surface area contributed by atoms with Crippen LogP contribution in [0.5, 0.6) is 5.75 Å². The molecule has 23 heavy (non-hydrogen) atoms. The molecule has 5 heteroatoms. The second kappa shape index (κ2) is 7.13. The quantitative estimate of drug-likeness (QED) is 0.922. The predicted octanol–water partition coefficient (Wildman–Crippen LogP) is 2.87. The van der Waals surface area contributed by atoms with Crippen molar-refractivity contribution in [2.45, 2.75) is 19.3 Å². The van der Waals surface area contributed by atoms with Gasteiger partial charge in [-0.3, -0.25) is 4.79 Å². The number of para-hydroxylation sites is 1. The minimum absolute atomic E-state index is 0.101. The third-order valence-corrected chi connectivity index (χ3v) is 4.03. The molecule has 1 amide bonds. The molecule has 0 bridgehead atoms. The van der Waals surface area contributed by atoms with E-state index in [4.69, 9.17) is 4.74 Å². The molecule has 1 aromatic carbocycles. The van der Waals surface area contributed by atoms with Gasteiger partial charge in [0, 0.05) is 18.7 Å². The van der Waals surface area contributed by atoms with Crippen LogP contribution in [0, 0.1) is 0 Å². The van der Waals surface area contributed by atoms with Crippen LogP contribution in [0.25, 0.3) is 0 Å². The smallest absolute Gasteiger partial charge is 0.230 e. The first-order valence-electron chi connectivity index (χ1n) is 7.89. The van der Waals surface area contributed by atoms with Crippen molar-refractivity contribution in [2.75, 3.05) is 30.4 Å². The van der Waals surface area contributed by atoms with Crippen LogP contribution in [-0.4, -0.2) is 31.1 Å². The Morgan fingerprint density at radius 2 is 2.00 bits per heavy atom. The number of amides is 1. The van der Waals surface area contributed by atoms with Crippen molar-refractivity contribution in [3.05, 3.63) is 48.2 Å². The van der Waals surface area contributed by atoms with Gasteiger partial charge in [-0.1, -0.05) is 18.2 Å². The van der Waals surface area contributed by atoms with Gasteiger partial charge in [-0.15, -0.1) is 0 Å². The summed E-state index contributed by atoms with van der Waals surface area (Å²) in [6.45, 7) is 2.17. The Hall–Kier alpha value is -2.56. The summed E-state index contributed by atoms with van der Waals surface area (Å²) in [4.78, 5) is 18.8. The molecule has 1 saturated heterocycles. The molecule has 120 valence electrons. The van der Waals surface area contributed by atoms with Crippen LogP contribution >= 0.6 is 0 Å². The molecule has 0 unspecified atom stereocenters. The molecule has 0 aliphatic carbocycles. The lowest BCUT2D eigenvalue weighted by Gasteiger charge is -2.17. The number of pyridine rings is 1. The molecule has 5 nitrogen and oxygen atoms in total. The molecule has 0 spiro atoms. The molecule has 1 N–H and O–H groups in total. The number of carbonyl (C=O) groups excluding carboxylic acids is 1. The van der Waals surface area contributed by atoms with Gasteiger partial charge in [-0.25, -0.2) is 4.98 Å². The van der Waals surface area contributed by atoms with Crippen LogP contribution in [0.4, 0.5) is 11.5 Å². The molecule has 2 aromatic rings. The van der Waals surface area contributed by atoms with Crippen LogP contribution in [0.1, 0.15) is 18.4 Å². The fraction of sp³-hybridized carbons (Fsp3) is 0.333. The van der Waals surface area contributed by atoms with E-state index in [1.54, 1.807) is 7.11 Å². The maximum atomic E-state index is 12.2. The number of hydrogen-bond acceptors (Lipinski definition) is 4. The molecule has 1 aliphatic heterocycles. The number of hydrogen-bond donors (Lipinski definition) is 1. The number of aromatic nitrogens is 1. The van der Waals surface area contributed by atoms with Crippen molar-refractivity contribution in [1.82, 2.24) is 4.98 Å². The number of methoxy groups -OCH3 is 1. The van der Waals surface area contributed by atoms with Crippen molar-refractivity contribution < 1.29 is 9.53 Å². The van der Waals surface area contributed by atoms with Gasteiger partial charge < -0.3 is 15.0 Å². The first-order valence-corrected chi connectivity index (χ1v) is 7.89. The van der Waals surface area contributed by atoms with Crippen molar-refractivity contribution in [2.24, 2.45) is 0 Å². The number of anilines is 2. The van der Waals surface area contributed by atoms with Gasteiger partial charge in [-0.2, -0.15) is 0 Å². The predicted molar refractivity (Wildman–Crippen MR) is 91.0 cm³/mol. The summed E-state index contributed by atoms with van der Waals surface area (Å²) in [7, 11) is 1.61. The number of rotatable bonds is 5. The Labute approximate surface area is 136 Å². The summed E-state index contributed by atoms with van der Waals surface area (Å²) in [6, 6.07) is 11.4. The largest absolute Gasteiger partial charge is 0.496 e. The average Bonchev–Trinajstić information content (AvgIpc) is 3.10. The Morgan fingerprint density at radius 3 is 2.70 bits per heavy atom. The zero-order chi connectivity index (χ0) is 16.1. The van der Waals surface area contributed by atoms with Crippen LogP contribution in [0.2, 0.25) is 0 Å². The second-order valence-electron chi connectivity index (χ2n) is 5.63. The van der Waals surface area contributed by atoms with Crippen molar-refractivity contribution in [3.8, 4) is 5.75 Å². The summed E-state index contributed by atoms with van der Waals surface area (Å²) in [6.07, 6.45) is 4.55. The van der Waals surface area contributed by atoms with Gasteiger partial charge in [0.1, 0.15) is 11.6 Å². The molecule has 1 aromatic heterocycles. The van der Waals surface area contributed by atoms with Crippen molar-refractivity contribution in [3.63, 3.8) is 0 Å². The summed E-state index contributed by atoms with van der Waals surface area (Å²) < 4.78 is 5.27. The van der Waals surface area contributed by atoms with E-state index in [-0.39, 0.29) is 12.3 Å². The van der Waals surface area contributed by atoms with Gasteiger partial charge in [-0.05, 0) is 31.0 Å². The average molecular weight is 311 g/mol. The molecular formula is C18H21N3O2. The zero-order valence-corrected chi connectivity index (χ0v) is 13.3. The molecule has 0 saturated carbocycles. The zero-order valence-electron chi connectivity index (χ0n) is 13.3. The van der Waals surface area contributed by atoms with E-state index in [0.29, 0.717) is 5.82 Å². The molecule has 3 rings (SSSR count). The highest BCUT2D eigenvalue weighted by Crippen LogP contribution is 2.21. The van der Waals surface area contributed by atoms with Crippen molar-refractivity contribution in [1.29, 1.82) is 0 Å². The monoisotopic (exact) mass is 311 g/mol. The minimum Gasteiger partial charge on any atom is -0.496 e. The Morgan fingerprint density at radius 1 is 1.22 bits per heavy atom. The normalized spacial score (nSPS) is 13.9. The van der Waals surface area contributed by atoms with E-state index >= 15 is 0 Å². The summed E-state index contributed by atoms with van der Waals surface area (Å²) >= 11 is 0. The van der Waals surface area contributed by atoms with Crippen LogP contribution in [-0.2, 0) is 11.2 Å². The highest BCUT2D eigenvalue weighted by Gasteiger charge is 2.13. The van der Waals surface area contributed by atoms with Crippen molar-refractivity contribution >= 4 is 17.4 Å². The lowest BCUT2D eigenvalue weighted by molar-refractivity contribution is -0.115. The van der Waals surface area contributed by atoms with Gasteiger partial charge in [0.2, 0.25) is 5.91 Å². The highest BCUT2D eigenvalue weighted by atomic mass is 16.5. The minimum atomic E-state index is -0.101. The second-order valence-corrected chi connectivity index (χ2v) is 5.63. The number of nitrogens with zero attached hydrogens (tertiary/aromatic N) is 2. The van der Waals surface area contributed by atoms with Crippen LogP contribution < -0.4 is 15.0 Å². The summed E-state index contributed by atoms with van der Waals surface area (Å²) in [5.74, 6) is 1.20. The highest BCUT2D eigenvalue weighted by molar-refractivity contribution is 5.91. The molecule has 2 heterocycles. The Kier molecular flexibility index (Phi) is 4.76. The molecular weight excluding hydrogens is 290 g/mol. The summed E-state index contributed by atoms with van der Waals surface area (Å²) in [5, 5.41) is 2.84. The first kappa shape index (κ1) is 15.3. The fourth-order valence-corrected chi connectivity index (χ4v) is 2.83. The van der Waals surface area contributed by atoms with Crippen LogP contribution in [0.3, 0.4) is 0 Å². The van der Waals surface area contributed by atoms with E-state index < -0.39 is 0 Å². The summed E-state index contributed by atoms with van der Waals surface area (Å²) in [5.41, 5.74) is 1.98. The van der Waals surface area contributed by atoms with E-state index in [2.05, 4.69) is 15.2 Å². The van der Waals surface area contributed by atoms with Gasteiger partial charge in [0.15, 0.2) is 0 Å². The number of ether oxygens (including phenoxy) is 1. The third kappa shape index (κ3) is 3.80. The molecule has 0 atom stereocenters. The molecule has 0 radical (unpaired) electrons. The van der Waals surface area contributed by atoms with E-state index in [0.717, 1.165) is 30.1 Å². The first-order chi connectivity index (χ1) is 11.3. The van der Waals surface area contributed by atoms with Gasteiger partial charge in [0.25, 0.3) is 0 Å². The van der Waals surface area contributed by atoms with Crippen LogP contribution in [0.15, 0.2) is 42.6 Å². The number of nitrogens with one attached hydrogen (secondary N) is 1. The molecule has 1 aliphatic rings. The van der Waals surface area contributed by atoms with Gasteiger partial charge >= 0.3 is 0 Å². The Bertz CT molecular complexity index is 664. The maximum absolute atomic E-state index is 12.2.